The first kappa shape index (κ1) is 20.5. The fraction of sp³-hybridized carbons (Fsp3) is 0.333. The number of imide groups is 1. The molecule has 0 unspecified atom stereocenters. The van der Waals surface area contributed by atoms with E-state index in [-0.39, 0.29) is 23.1 Å². The molecular weight excluding hydrogens is 415 g/mol. The number of ether oxygens (including phenoxy) is 1. The largest absolute Gasteiger partial charge is 0.465 e. The molecule has 7 nitrogen and oxygen atoms in total. The lowest BCUT2D eigenvalue weighted by Gasteiger charge is -2.28. The Morgan fingerprint density at radius 1 is 1.00 bits per heavy atom. The van der Waals surface area contributed by atoms with Gasteiger partial charge < -0.3 is 4.74 Å². The van der Waals surface area contributed by atoms with Crippen LogP contribution >= 0.6 is 0 Å². The zero-order valence-corrected chi connectivity index (χ0v) is 17.4. The summed E-state index contributed by atoms with van der Waals surface area (Å²) in [5.74, 6) is -3.81. The van der Waals surface area contributed by atoms with Gasteiger partial charge in [-0.3, -0.25) is 19.3 Å². The van der Waals surface area contributed by atoms with Crippen LogP contribution in [0, 0.1) is 17.7 Å². The molecule has 2 aromatic carbocycles. The number of halogens is 1. The number of fused-ring (bicyclic) bond motifs is 3. The van der Waals surface area contributed by atoms with Crippen LogP contribution < -0.4 is 4.90 Å². The van der Waals surface area contributed by atoms with Crippen LogP contribution in [0.5, 0.6) is 0 Å². The van der Waals surface area contributed by atoms with Gasteiger partial charge in [0.15, 0.2) is 5.78 Å². The summed E-state index contributed by atoms with van der Waals surface area (Å²) in [5.41, 5.74) is 0.582. The third-order valence-electron chi connectivity index (χ3n) is 6.80. The van der Waals surface area contributed by atoms with Crippen molar-refractivity contribution < 1.29 is 28.3 Å². The Morgan fingerprint density at radius 2 is 1.69 bits per heavy atom. The summed E-state index contributed by atoms with van der Waals surface area (Å²) >= 11 is 0. The van der Waals surface area contributed by atoms with Gasteiger partial charge in [0, 0.05) is 11.6 Å². The number of Topliss-reactive ketones (excluding diaryl/α,β-unsaturated/α-hetero) is 1. The number of ketones is 1. The molecule has 3 heterocycles. The van der Waals surface area contributed by atoms with Crippen LogP contribution in [0.15, 0.2) is 48.5 Å². The molecule has 3 saturated heterocycles. The molecule has 2 aromatic rings. The average molecular weight is 436 g/mol. The number of amides is 2. The van der Waals surface area contributed by atoms with Crippen molar-refractivity contribution in [3.05, 3.63) is 65.5 Å². The third-order valence-corrected chi connectivity index (χ3v) is 6.80. The molecular formula is C24H21FN2O5. The normalized spacial score (nSPS) is 26.9. The molecule has 0 aromatic heterocycles. The molecule has 0 N–H and O–H groups in total. The second kappa shape index (κ2) is 7.63. The summed E-state index contributed by atoms with van der Waals surface area (Å²) in [6.45, 7) is 0.620. The number of hydrogen-bond donors (Lipinski definition) is 0. The predicted molar refractivity (Wildman–Crippen MR) is 112 cm³/mol. The summed E-state index contributed by atoms with van der Waals surface area (Å²) in [6, 6.07) is 10.5. The maximum atomic E-state index is 13.6. The number of hydrogen-bond acceptors (Lipinski definition) is 6. The number of anilines is 1. The molecule has 4 atom stereocenters. The van der Waals surface area contributed by atoms with Crippen LogP contribution in [0.3, 0.4) is 0 Å². The lowest BCUT2D eigenvalue weighted by molar-refractivity contribution is -0.123. The number of methoxy groups -OCH3 is 1. The summed E-state index contributed by atoms with van der Waals surface area (Å²) in [6.07, 6.45) is 1.53. The average Bonchev–Trinajstić information content (AvgIpc) is 3.45. The first-order valence-corrected chi connectivity index (χ1v) is 10.5. The van der Waals surface area contributed by atoms with Crippen LogP contribution in [0.1, 0.15) is 33.6 Å². The van der Waals surface area contributed by atoms with E-state index >= 15 is 0 Å². The highest BCUT2D eigenvalue weighted by molar-refractivity contribution is 6.26. The standard InChI is InChI=1S/C24H21FN2O5/c1-32-24(31)15-5-2-3-6-16(15)27-22(29)18-17-7-4-12-26(17)20(19(18)23(27)30)21(28)13-8-10-14(25)11-9-13/h2-3,5-6,8-11,17-20H,4,7,12H2,1H3/t17-,18-,19+,20-/m1/s1. The van der Waals surface area contributed by atoms with Gasteiger partial charge in [-0.1, -0.05) is 12.1 Å². The monoisotopic (exact) mass is 436 g/mol. The lowest BCUT2D eigenvalue weighted by Crippen LogP contribution is -2.46. The molecule has 3 aliphatic rings. The highest BCUT2D eigenvalue weighted by Crippen LogP contribution is 2.48. The Hall–Kier alpha value is -3.39. The van der Waals surface area contributed by atoms with E-state index in [0.717, 1.165) is 11.3 Å². The molecule has 3 fully saturated rings. The zero-order valence-electron chi connectivity index (χ0n) is 17.4. The van der Waals surface area contributed by atoms with Crippen LogP contribution in [0.4, 0.5) is 10.1 Å². The van der Waals surface area contributed by atoms with Gasteiger partial charge in [0.2, 0.25) is 11.8 Å². The minimum atomic E-state index is -0.851. The molecule has 0 saturated carbocycles. The van der Waals surface area contributed by atoms with Crippen molar-refractivity contribution in [3.8, 4) is 0 Å². The van der Waals surface area contributed by atoms with Crippen molar-refractivity contribution in [2.45, 2.75) is 24.9 Å². The van der Waals surface area contributed by atoms with Gasteiger partial charge in [-0.15, -0.1) is 0 Å². The van der Waals surface area contributed by atoms with E-state index in [1.807, 2.05) is 4.90 Å². The highest BCUT2D eigenvalue weighted by atomic mass is 19.1. The Labute approximate surface area is 183 Å². The smallest absolute Gasteiger partial charge is 0.339 e. The van der Waals surface area contributed by atoms with E-state index in [9.17, 15) is 23.6 Å². The molecule has 0 aliphatic carbocycles. The molecule has 0 bridgehead atoms. The van der Waals surface area contributed by atoms with Crippen molar-refractivity contribution in [2.75, 3.05) is 18.6 Å². The summed E-state index contributed by atoms with van der Waals surface area (Å²) in [5, 5.41) is 0. The van der Waals surface area contributed by atoms with E-state index in [0.29, 0.717) is 18.5 Å². The lowest BCUT2D eigenvalue weighted by atomic mass is 9.85. The second-order valence-corrected chi connectivity index (χ2v) is 8.34. The summed E-state index contributed by atoms with van der Waals surface area (Å²) < 4.78 is 18.2. The van der Waals surface area contributed by atoms with Gasteiger partial charge in [0.25, 0.3) is 0 Å². The first-order chi connectivity index (χ1) is 15.4. The van der Waals surface area contributed by atoms with Crippen LogP contribution in [-0.2, 0) is 14.3 Å². The number of carbonyl (C=O) groups is 4. The van der Waals surface area contributed by atoms with E-state index < -0.39 is 41.5 Å². The number of carbonyl (C=O) groups excluding carboxylic acids is 4. The summed E-state index contributed by atoms with van der Waals surface area (Å²) in [7, 11) is 1.23. The maximum absolute atomic E-state index is 13.6. The molecule has 5 rings (SSSR count). The molecule has 2 amide bonds. The number of para-hydroxylation sites is 1. The molecule has 164 valence electrons. The third kappa shape index (κ3) is 2.90. The molecule has 0 spiro atoms. The van der Waals surface area contributed by atoms with E-state index in [4.69, 9.17) is 4.74 Å². The maximum Gasteiger partial charge on any atom is 0.339 e. The topological polar surface area (TPSA) is 84.0 Å². The number of esters is 1. The Bertz CT molecular complexity index is 1130. The van der Waals surface area contributed by atoms with Gasteiger partial charge in [-0.2, -0.15) is 0 Å². The fourth-order valence-electron chi connectivity index (χ4n) is 5.49. The molecule has 3 aliphatic heterocycles. The molecule has 0 radical (unpaired) electrons. The second-order valence-electron chi connectivity index (χ2n) is 8.34. The van der Waals surface area contributed by atoms with E-state index in [1.165, 1.54) is 43.5 Å². The Morgan fingerprint density at radius 3 is 2.41 bits per heavy atom. The van der Waals surface area contributed by atoms with Crippen LogP contribution in [-0.4, -0.2) is 54.2 Å². The van der Waals surface area contributed by atoms with Gasteiger partial charge in [-0.25, -0.2) is 14.1 Å². The molecule has 32 heavy (non-hydrogen) atoms. The van der Waals surface area contributed by atoms with E-state index in [2.05, 4.69) is 0 Å². The fourth-order valence-corrected chi connectivity index (χ4v) is 5.49. The number of nitrogens with zero attached hydrogens (tertiary/aromatic N) is 2. The van der Waals surface area contributed by atoms with Crippen LogP contribution in [0.25, 0.3) is 0 Å². The highest BCUT2D eigenvalue weighted by Gasteiger charge is 2.65. The van der Waals surface area contributed by atoms with Gasteiger partial charge in [0.05, 0.1) is 36.2 Å². The minimum absolute atomic E-state index is 0.112. The SMILES string of the molecule is COC(=O)c1ccccc1N1C(=O)[C@H]2[C@H](C1=O)[C@H](C(=O)c1ccc(F)cc1)N1CCC[C@H]21. The predicted octanol–water partition coefficient (Wildman–Crippen LogP) is 2.45. The minimum Gasteiger partial charge on any atom is -0.465 e. The molecule has 8 heteroatoms. The Balaban J connectivity index is 1.56. The van der Waals surface area contributed by atoms with Crippen molar-refractivity contribution in [2.24, 2.45) is 11.8 Å². The quantitative estimate of drug-likeness (QED) is 0.416. The summed E-state index contributed by atoms with van der Waals surface area (Å²) in [4.78, 5) is 55.8. The van der Waals surface area contributed by atoms with Gasteiger partial charge in [-0.05, 0) is 55.8 Å². The zero-order chi connectivity index (χ0) is 22.6. The Kier molecular flexibility index (Phi) is 4.89. The van der Waals surface area contributed by atoms with Crippen molar-refractivity contribution in [1.29, 1.82) is 0 Å². The van der Waals surface area contributed by atoms with Crippen molar-refractivity contribution in [1.82, 2.24) is 4.90 Å². The number of benzene rings is 2. The first-order valence-electron chi connectivity index (χ1n) is 10.5. The van der Waals surface area contributed by atoms with Crippen LogP contribution in [0.2, 0.25) is 0 Å². The number of rotatable bonds is 4. The van der Waals surface area contributed by atoms with Gasteiger partial charge in [0.1, 0.15) is 5.82 Å². The van der Waals surface area contributed by atoms with Crippen molar-refractivity contribution in [3.63, 3.8) is 0 Å². The van der Waals surface area contributed by atoms with Gasteiger partial charge >= 0.3 is 5.97 Å². The van der Waals surface area contributed by atoms with Crippen molar-refractivity contribution >= 4 is 29.3 Å². The van der Waals surface area contributed by atoms with E-state index in [1.54, 1.807) is 12.1 Å².